The first kappa shape index (κ1) is 11.7. The van der Waals surface area contributed by atoms with Gasteiger partial charge in [-0.25, -0.2) is 0 Å². The van der Waals surface area contributed by atoms with Gasteiger partial charge in [-0.1, -0.05) is 12.2 Å². The van der Waals surface area contributed by atoms with Crippen LogP contribution in [0.1, 0.15) is 13.3 Å². The van der Waals surface area contributed by atoms with Gasteiger partial charge in [-0.15, -0.1) is 0 Å². The topological polar surface area (TPSA) is 62.1 Å². The minimum absolute atomic E-state index is 0.0967. The Hall–Kier alpha value is -1.34. The van der Waals surface area contributed by atoms with E-state index in [9.17, 15) is 4.79 Å². The molecule has 4 nitrogen and oxygen atoms in total. The van der Waals surface area contributed by atoms with E-state index in [-0.39, 0.29) is 12.3 Å². The Morgan fingerprint density at radius 2 is 2.38 bits per heavy atom. The highest BCUT2D eigenvalue weighted by Crippen LogP contribution is 1.86. The summed E-state index contributed by atoms with van der Waals surface area (Å²) in [5.41, 5.74) is 0.948. The van der Waals surface area contributed by atoms with Crippen molar-refractivity contribution in [2.24, 2.45) is 0 Å². The van der Waals surface area contributed by atoms with Gasteiger partial charge in [-0.2, -0.15) is 5.26 Å². The van der Waals surface area contributed by atoms with Crippen LogP contribution < -0.4 is 5.32 Å². The lowest BCUT2D eigenvalue weighted by molar-refractivity contribution is -0.120. The maximum absolute atomic E-state index is 10.7. The van der Waals surface area contributed by atoms with Gasteiger partial charge in [-0.3, -0.25) is 4.79 Å². The number of rotatable bonds is 6. The van der Waals surface area contributed by atoms with E-state index in [4.69, 9.17) is 10.00 Å². The molecule has 0 bridgehead atoms. The highest BCUT2D eigenvalue weighted by Gasteiger charge is 1.97. The third kappa shape index (κ3) is 8.57. The summed E-state index contributed by atoms with van der Waals surface area (Å²) >= 11 is 0. The number of carbonyl (C=O) groups excluding carboxylic acids is 1. The zero-order chi connectivity index (χ0) is 10.1. The lowest BCUT2D eigenvalue weighted by Crippen LogP contribution is -2.26. The molecule has 72 valence electrons. The fraction of sp³-hybridized carbons (Fsp3) is 0.556. The maximum atomic E-state index is 10.7. The van der Waals surface area contributed by atoms with Crippen LogP contribution >= 0.6 is 0 Å². The molecular weight excluding hydrogens is 168 g/mol. The van der Waals surface area contributed by atoms with E-state index < -0.39 is 0 Å². The lowest BCUT2D eigenvalue weighted by Gasteiger charge is -2.04. The Bertz CT molecular complexity index is 218. The second kappa shape index (κ2) is 7.32. The Kier molecular flexibility index (Phi) is 6.56. The molecule has 0 fully saturated rings. The molecule has 0 heterocycles. The largest absolute Gasteiger partial charge is 0.375 e. The molecule has 0 aromatic rings. The SMILES string of the molecule is C=C(C)COCCNC(=O)CC#N. The van der Waals surface area contributed by atoms with E-state index in [1.54, 1.807) is 6.07 Å². The number of ether oxygens (including phenoxy) is 1. The van der Waals surface area contributed by atoms with Crippen LogP contribution in [-0.2, 0) is 9.53 Å². The number of nitrogens with one attached hydrogen (secondary N) is 1. The second-order valence-corrected chi connectivity index (χ2v) is 2.69. The molecule has 0 aliphatic heterocycles. The molecule has 0 unspecified atom stereocenters. The van der Waals surface area contributed by atoms with Crippen molar-refractivity contribution in [2.45, 2.75) is 13.3 Å². The van der Waals surface area contributed by atoms with Gasteiger partial charge in [0, 0.05) is 6.54 Å². The number of hydrogen-bond donors (Lipinski definition) is 1. The van der Waals surface area contributed by atoms with E-state index in [2.05, 4.69) is 11.9 Å². The predicted octanol–water partition coefficient (Wildman–Crippen LogP) is 0.609. The normalized spacial score (nSPS) is 8.92. The molecule has 0 aliphatic carbocycles. The summed E-state index contributed by atoms with van der Waals surface area (Å²) in [7, 11) is 0. The highest BCUT2D eigenvalue weighted by molar-refractivity contribution is 5.77. The molecule has 0 aliphatic rings. The molecule has 0 saturated carbocycles. The summed E-state index contributed by atoms with van der Waals surface area (Å²) in [5.74, 6) is -0.263. The molecule has 0 aromatic heterocycles. The van der Waals surface area contributed by atoms with Gasteiger partial charge in [0.05, 0.1) is 19.3 Å². The third-order valence-electron chi connectivity index (χ3n) is 1.16. The van der Waals surface area contributed by atoms with Gasteiger partial charge >= 0.3 is 0 Å². The van der Waals surface area contributed by atoms with Crippen LogP contribution in [-0.4, -0.2) is 25.7 Å². The van der Waals surface area contributed by atoms with Crippen molar-refractivity contribution in [3.8, 4) is 6.07 Å². The number of amides is 1. The first-order valence-electron chi connectivity index (χ1n) is 4.02. The fourth-order valence-corrected chi connectivity index (χ4v) is 0.643. The third-order valence-corrected chi connectivity index (χ3v) is 1.16. The summed E-state index contributed by atoms with van der Waals surface area (Å²) < 4.78 is 5.13. The summed E-state index contributed by atoms with van der Waals surface area (Å²) in [6.07, 6.45) is -0.0967. The molecule has 0 spiro atoms. The Morgan fingerprint density at radius 3 is 2.92 bits per heavy atom. The first-order chi connectivity index (χ1) is 6.16. The van der Waals surface area contributed by atoms with Crippen molar-refractivity contribution in [3.63, 3.8) is 0 Å². The zero-order valence-electron chi connectivity index (χ0n) is 7.80. The lowest BCUT2D eigenvalue weighted by atomic mass is 10.4. The van der Waals surface area contributed by atoms with Crippen molar-refractivity contribution >= 4 is 5.91 Å². The van der Waals surface area contributed by atoms with Crippen molar-refractivity contribution < 1.29 is 9.53 Å². The predicted molar refractivity (Wildman–Crippen MR) is 48.9 cm³/mol. The molecule has 0 rings (SSSR count). The van der Waals surface area contributed by atoms with E-state index >= 15 is 0 Å². The number of carbonyl (C=O) groups is 1. The van der Waals surface area contributed by atoms with Gasteiger partial charge < -0.3 is 10.1 Å². The van der Waals surface area contributed by atoms with E-state index in [0.717, 1.165) is 5.57 Å². The maximum Gasteiger partial charge on any atom is 0.234 e. The molecule has 0 saturated heterocycles. The monoisotopic (exact) mass is 182 g/mol. The molecule has 1 amide bonds. The van der Waals surface area contributed by atoms with Crippen LogP contribution in [0, 0.1) is 11.3 Å². The smallest absolute Gasteiger partial charge is 0.234 e. The van der Waals surface area contributed by atoms with E-state index in [1.165, 1.54) is 0 Å². The van der Waals surface area contributed by atoms with E-state index in [0.29, 0.717) is 19.8 Å². The molecule has 13 heavy (non-hydrogen) atoms. The number of nitrogens with zero attached hydrogens (tertiary/aromatic N) is 1. The van der Waals surface area contributed by atoms with Crippen LogP contribution in [0.15, 0.2) is 12.2 Å². The number of hydrogen-bond acceptors (Lipinski definition) is 3. The fourth-order valence-electron chi connectivity index (χ4n) is 0.643. The van der Waals surface area contributed by atoms with Gasteiger partial charge in [0.1, 0.15) is 6.42 Å². The van der Waals surface area contributed by atoms with Crippen LogP contribution in [0.5, 0.6) is 0 Å². The Morgan fingerprint density at radius 1 is 1.69 bits per heavy atom. The van der Waals surface area contributed by atoms with Crippen molar-refractivity contribution in [1.29, 1.82) is 5.26 Å². The van der Waals surface area contributed by atoms with Crippen molar-refractivity contribution in [2.75, 3.05) is 19.8 Å². The van der Waals surface area contributed by atoms with Gasteiger partial charge in [0.15, 0.2) is 0 Å². The van der Waals surface area contributed by atoms with Gasteiger partial charge in [-0.05, 0) is 6.92 Å². The van der Waals surface area contributed by atoms with Crippen LogP contribution in [0.2, 0.25) is 0 Å². The molecule has 0 atom stereocenters. The summed E-state index contributed by atoms with van der Waals surface area (Å²) in [5, 5.41) is 10.7. The number of nitriles is 1. The average Bonchev–Trinajstić information content (AvgIpc) is 2.03. The Balaban J connectivity index is 3.22. The van der Waals surface area contributed by atoms with Crippen LogP contribution in [0.3, 0.4) is 0 Å². The van der Waals surface area contributed by atoms with Gasteiger partial charge in [0.25, 0.3) is 0 Å². The molecule has 1 N–H and O–H groups in total. The summed E-state index contributed by atoms with van der Waals surface area (Å²) in [4.78, 5) is 10.7. The molecular formula is C9H14N2O2. The molecule has 0 aromatic carbocycles. The van der Waals surface area contributed by atoms with E-state index in [1.807, 2.05) is 6.92 Å². The van der Waals surface area contributed by atoms with Crippen LogP contribution in [0.25, 0.3) is 0 Å². The minimum atomic E-state index is -0.263. The quantitative estimate of drug-likeness (QED) is 0.483. The zero-order valence-corrected chi connectivity index (χ0v) is 7.80. The Labute approximate surface area is 78.2 Å². The molecule has 0 radical (unpaired) electrons. The summed E-state index contributed by atoms with van der Waals surface area (Å²) in [6, 6.07) is 1.76. The van der Waals surface area contributed by atoms with Crippen molar-refractivity contribution in [3.05, 3.63) is 12.2 Å². The van der Waals surface area contributed by atoms with Crippen LogP contribution in [0.4, 0.5) is 0 Å². The highest BCUT2D eigenvalue weighted by atomic mass is 16.5. The summed E-state index contributed by atoms with van der Waals surface area (Å²) in [6.45, 7) is 6.93. The van der Waals surface area contributed by atoms with Gasteiger partial charge in [0.2, 0.25) is 5.91 Å². The van der Waals surface area contributed by atoms with Crippen molar-refractivity contribution in [1.82, 2.24) is 5.32 Å². The minimum Gasteiger partial charge on any atom is -0.375 e. The standard InChI is InChI=1S/C9H14N2O2/c1-8(2)7-13-6-5-11-9(12)3-4-10/h1,3,5-7H2,2H3,(H,11,12). The molecule has 4 heteroatoms. The first-order valence-corrected chi connectivity index (χ1v) is 4.02. The average molecular weight is 182 g/mol. The second-order valence-electron chi connectivity index (χ2n) is 2.69.